The van der Waals surface area contributed by atoms with Gasteiger partial charge < -0.3 is 0 Å². The summed E-state index contributed by atoms with van der Waals surface area (Å²) in [6.07, 6.45) is 4.74. The zero-order chi connectivity index (χ0) is 12.4. The van der Waals surface area contributed by atoms with Gasteiger partial charge in [0.2, 0.25) is 0 Å². The number of rotatable bonds is 3. The maximum absolute atomic E-state index is 12.1. The van der Waals surface area contributed by atoms with Gasteiger partial charge in [0.25, 0.3) is 5.91 Å². The van der Waals surface area contributed by atoms with Gasteiger partial charge in [0.05, 0.1) is 10.3 Å². The van der Waals surface area contributed by atoms with Crippen molar-refractivity contribution < 1.29 is 4.79 Å². The summed E-state index contributed by atoms with van der Waals surface area (Å²) in [5.41, 5.74) is 7.29. The third-order valence-electron chi connectivity index (χ3n) is 3.26. The number of nitrogens with zero attached hydrogens (tertiary/aromatic N) is 2. The van der Waals surface area contributed by atoms with Gasteiger partial charge in [0.15, 0.2) is 0 Å². The molecule has 1 heterocycles. The zero-order valence-corrected chi connectivity index (χ0v) is 10.7. The largest absolute Gasteiger partial charge is 0.287 e. The molecular weight excluding hydrogens is 248 g/mol. The fraction of sp³-hybridized carbons (Fsp3) is 0.417. The Bertz CT molecular complexity index is 562. The van der Waals surface area contributed by atoms with Crippen LogP contribution in [-0.4, -0.2) is 21.5 Å². The van der Waals surface area contributed by atoms with Gasteiger partial charge in [-0.15, -0.1) is 5.10 Å². The summed E-state index contributed by atoms with van der Waals surface area (Å²) in [5.74, 6) is -0.112. The first-order valence-electron chi connectivity index (χ1n) is 6.11. The Kier molecular flexibility index (Phi) is 3.21. The second kappa shape index (κ2) is 4.99. The van der Waals surface area contributed by atoms with E-state index in [-0.39, 0.29) is 5.91 Å². The number of nitrogens with one attached hydrogen (secondary N) is 2. The minimum Gasteiger partial charge on any atom is -0.287 e. The second-order valence-corrected chi connectivity index (χ2v) is 5.26. The number of aromatic nitrogens is 2. The third kappa shape index (κ3) is 2.21. The average molecular weight is 262 g/mol. The molecule has 0 aliphatic heterocycles. The number of benzene rings is 1. The van der Waals surface area contributed by atoms with Gasteiger partial charge in [-0.1, -0.05) is 23.4 Å². The van der Waals surface area contributed by atoms with Crippen molar-refractivity contribution in [1.29, 1.82) is 0 Å². The molecule has 3 rings (SSSR count). The Labute approximate surface area is 109 Å². The predicted molar refractivity (Wildman–Crippen MR) is 70.3 cm³/mol. The monoisotopic (exact) mass is 262 g/mol. The van der Waals surface area contributed by atoms with E-state index in [0.717, 1.165) is 23.1 Å². The average Bonchev–Trinajstić information content (AvgIpc) is 3.05. The lowest BCUT2D eigenvalue weighted by Crippen LogP contribution is -2.43. The molecule has 1 saturated carbocycles. The molecule has 2 aromatic rings. The molecule has 0 radical (unpaired) electrons. The number of carbonyl (C=O) groups excluding carboxylic acids is 1. The Morgan fingerprint density at radius 3 is 3.00 bits per heavy atom. The van der Waals surface area contributed by atoms with Crippen molar-refractivity contribution in [2.75, 3.05) is 0 Å². The third-order valence-corrected chi connectivity index (χ3v) is 4.04. The first-order valence-corrected chi connectivity index (χ1v) is 6.89. The molecule has 1 aliphatic carbocycles. The molecule has 1 fully saturated rings. The van der Waals surface area contributed by atoms with Gasteiger partial charge in [-0.25, -0.2) is 5.43 Å². The molecule has 0 spiro atoms. The van der Waals surface area contributed by atoms with Crippen LogP contribution in [0.4, 0.5) is 0 Å². The summed E-state index contributed by atoms with van der Waals surface area (Å²) in [6.45, 7) is 0. The second-order valence-electron chi connectivity index (χ2n) is 4.51. The summed E-state index contributed by atoms with van der Waals surface area (Å²) in [4.78, 5) is 12.1. The summed E-state index contributed by atoms with van der Waals surface area (Å²) in [7, 11) is 0. The first-order chi connectivity index (χ1) is 8.84. The van der Waals surface area contributed by atoms with Crippen molar-refractivity contribution in [1.82, 2.24) is 20.4 Å². The lowest BCUT2D eigenvalue weighted by molar-refractivity contribution is 0.0927. The highest BCUT2D eigenvalue weighted by molar-refractivity contribution is 7.13. The van der Waals surface area contributed by atoms with Crippen LogP contribution in [0.3, 0.4) is 0 Å². The van der Waals surface area contributed by atoms with E-state index < -0.39 is 0 Å². The molecule has 0 atom stereocenters. The van der Waals surface area contributed by atoms with E-state index in [4.69, 9.17) is 0 Å². The fourth-order valence-electron chi connectivity index (χ4n) is 2.29. The molecule has 1 aromatic carbocycles. The normalized spacial score (nSPS) is 16.2. The molecule has 0 bridgehead atoms. The van der Waals surface area contributed by atoms with E-state index in [2.05, 4.69) is 20.4 Å². The van der Waals surface area contributed by atoms with Gasteiger partial charge in [-0.3, -0.25) is 10.2 Å². The highest BCUT2D eigenvalue weighted by atomic mass is 32.1. The number of fused-ring (bicyclic) bond motifs is 1. The smallest absolute Gasteiger partial charge is 0.266 e. The van der Waals surface area contributed by atoms with E-state index in [9.17, 15) is 4.79 Å². The van der Waals surface area contributed by atoms with Crippen molar-refractivity contribution in [3.63, 3.8) is 0 Å². The van der Waals surface area contributed by atoms with E-state index in [0.29, 0.717) is 11.6 Å². The molecule has 1 aromatic heterocycles. The maximum Gasteiger partial charge on any atom is 0.266 e. The van der Waals surface area contributed by atoms with E-state index in [1.165, 1.54) is 24.4 Å². The molecule has 5 nitrogen and oxygen atoms in total. The van der Waals surface area contributed by atoms with E-state index >= 15 is 0 Å². The topological polar surface area (TPSA) is 66.9 Å². The van der Waals surface area contributed by atoms with Gasteiger partial charge >= 0.3 is 0 Å². The molecular formula is C12H14N4OS. The van der Waals surface area contributed by atoms with E-state index in [1.54, 1.807) is 6.07 Å². The number of hydrogen-bond donors (Lipinski definition) is 2. The summed E-state index contributed by atoms with van der Waals surface area (Å²) < 4.78 is 4.71. The molecule has 2 N–H and O–H groups in total. The van der Waals surface area contributed by atoms with Gasteiger partial charge in [0.1, 0.15) is 5.52 Å². The van der Waals surface area contributed by atoms with Gasteiger partial charge in [-0.05, 0) is 36.5 Å². The fourth-order valence-corrected chi connectivity index (χ4v) is 2.96. The van der Waals surface area contributed by atoms with Gasteiger partial charge in [-0.2, -0.15) is 0 Å². The molecule has 18 heavy (non-hydrogen) atoms. The zero-order valence-electron chi connectivity index (χ0n) is 9.85. The van der Waals surface area contributed by atoms with Crippen LogP contribution >= 0.6 is 11.5 Å². The predicted octanol–water partition coefficient (Wildman–Crippen LogP) is 1.87. The first kappa shape index (κ1) is 11.6. The lowest BCUT2D eigenvalue weighted by Gasteiger charge is -2.12. The minimum absolute atomic E-state index is 0.112. The Balaban J connectivity index is 1.73. The highest BCUT2D eigenvalue weighted by Gasteiger charge is 2.17. The van der Waals surface area contributed by atoms with Crippen LogP contribution in [0.15, 0.2) is 18.2 Å². The van der Waals surface area contributed by atoms with Crippen LogP contribution in [-0.2, 0) is 0 Å². The van der Waals surface area contributed by atoms with Crippen LogP contribution in [0, 0.1) is 0 Å². The molecule has 1 aliphatic rings. The minimum atomic E-state index is -0.112. The SMILES string of the molecule is O=C(NNC1CCCC1)c1cccc2nnsc12. The van der Waals surface area contributed by atoms with Crippen LogP contribution in [0.25, 0.3) is 10.2 Å². The van der Waals surface area contributed by atoms with Crippen LogP contribution in [0.5, 0.6) is 0 Å². The standard InChI is InChI=1S/C12H14N4OS/c17-12(15-13-8-4-1-2-5-8)9-6-3-7-10-11(9)18-16-14-10/h3,6-8,13H,1-2,4-5H2,(H,15,17). The van der Waals surface area contributed by atoms with Crippen LogP contribution in [0.1, 0.15) is 36.0 Å². The highest BCUT2D eigenvalue weighted by Crippen LogP contribution is 2.20. The lowest BCUT2D eigenvalue weighted by atomic mass is 10.2. The Morgan fingerprint density at radius 1 is 1.33 bits per heavy atom. The maximum atomic E-state index is 12.1. The summed E-state index contributed by atoms with van der Waals surface area (Å²) in [6, 6.07) is 5.90. The number of carbonyl (C=O) groups is 1. The van der Waals surface area contributed by atoms with Crippen molar-refractivity contribution >= 4 is 27.7 Å². The number of hydrazine groups is 1. The van der Waals surface area contributed by atoms with Crippen molar-refractivity contribution in [3.8, 4) is 0 Å². The Hall–Kier alpha value is -1.53. The van der Waals surface area contributed by atoms with Gasteiger partial charge in [0, 0.05) is 6.04 Å². The molecule has 6 heteroatoms. The molecule has 1 amide bonds. The van der Waals surface area contributed by atoms with Crippen molar-refractivity contribution in [3.05, 3.63) is 23.8 Å². The Morgan fingerprint density at radius 2 is 2.17 bits per heavy atom. The summed E-state index contributed by atoms with van der Waals surface area (Å²) in [5, 5.41) is 3.97. The molecule has 0 unspecified atom stereocenters. The van der Waals surface area contributed by atoms with E-state index in [1.807, 2.05) is 12.1 Å². The van der Waals surface area contributed by atoms with Crippen LogP contribution in [0.2, 0.25) is 0 Å². The molecule has 0 saturated heterocycles. The summed E-state index contributed by atoms with van der Waals surface area (Å²) >= 11 is 1.25. The number of hydrogen-bond acceptors (Lipinski definition) is 5. The number of amides is 1. The van der Waals surface area contributed by atoms with Crippen LogP contribution < -0.4 is 10.9 Å². The van der Waals surface area contributed by atoms with Crippen molar-refractivity contribution in [2.45, 2.75) is 31.7 Å². The quantitative estimate of drug-likeness (QED) is 0.829. The molecule has 94 valence electrons. The van der Waals surface area contributed by atoms with Crippen molar-refractivity contribution in [2.24, 2.45) is 0 Å².